The third kappa shape index (κ3) is 4.56. The number of methoxy groups -OCH3 is 1. The van der Waals surface area contributed by atoms with E-state index in [0.29, 0.717) is 16.3 Å². The summed E-state index contributed by atoms with van der Waals surface area (Å²) in [6.07, 6.45) is 1.42. The van der Waals surface area contributed by atoms with Crippen LogP contribution in [0.25, 0.3) is 0 Å². The van der Waals surface area contributed by atoms with Gasteiger partial charge in [0.15, 0.2) is 0 Å². The number of pyridine rings is 1. The fourth-order valence-electron chi connectivity index (χ4n) is 1.53. The Hall–Kier alpha value is -2.41. The van der Waals surface area contributed by atoms with E-state index in [1.165, 1.54) is 49.3 Å². The first kappa shape index (κ1) is 16.0. The van der Waals surface area contributed by atoms with Gasteiger partial charge in [-0.15, -0.1) is 0 Å². The molecule has 22 heavy (non-hydrogen) atoms. The number of hydrogen-bond donors (Lipinski definition) is 1. The van der Waals surface area contributed by atoms with Gasteiger partial charge < -0.3 is 10.1 Å². The Morgan fingerprint density at radius 3 is 2.55 bits per heavy atom. The SMILES string of the molecule is COC(=O)CSc1ccc(C(=O)Nc2ccc(F)cc2)cn1. The molecule has 1 aromatic carbocycles. The van der Waals surface area contributed by atoms with Crippen LogP contribution in [-0.2, 0) is 9.53 Å². The van der Waals surface area contributed by atoms with E-state index in [9.17, 15) is 14.0 Å². The minimum Gasteiger partial charge on any atom is -0.468 e. The van der Waals surface area contributed by atoms with Crippen LogP contribution in [0, 0.1) is 5.82 Å². The molecule has 0 radical (unpaired) electrons. The molecule has 2 aromatic rings. The zero-order valence-corrected chi connectivity index (χ0v) is 12.5. The maximum atomic E-state index is 12.8. The van der Waals surface area contributed by atoms with Gasteiger partial charge in [0.25, 0.3) is 5.91 Å². The molecule has 1 N–H and O–H groups in total. The average molecular weight is 320 g/mol. The first-order valence-electron chi connectivity index (χ1n) is 6.31. The Kier molecular flexibility index (Phi) is 5.48. The molecule has 1 amide bonds. The lowest BCUT2D eigenvalue weighted by Gasteiger charge is -2.05. The van der Waals surface area contributed by atoms with E-state index in [1.807, 2.05) is 0 Å². The molecule has 0 spiro atoms. The number of carbonyl (C=O) groups excluding carboxylic acids is 2. The topological polar surface area (TPSA) is 68.3 Å². The van der Waals surface area contributed by atoms with Gasteiger partial charge >= 0.3 is 5.97 Å². The van der Waals surface area contributed by atoms with E-state index in [1.54, 1.807) is 12.1 Å². The second kappa shape index (κ2) is 7.56. The maximum Gasteiger partial charge on any atom is 0.316 e. The first-order valence-corrected chi connectivity index (χ1v) is 7.29. The van der Waals surface area contributed by atoms with Crippen LogP contribution >= 0.6 is 11.8 Å². The van der Waals surface area contributed by atoms with Gasteiger partial charge in [-0.1, -0.05) is 11.8 Å². The van der Waals surface area contributed by atoms with E-state index in [0.717, 1.165) is 0 Å². The predicted octanol–water partition coefficient (Wildman–Crippen LogP) is 2.74. The number of esters is 1. The second-order valence-corrected chi connectivity index (χ2v) is 5.21. The summed E-state index contributed by atoms with van der Waals surface area (Å²) in [6.45, 7) is 0. The molecular weight excluding hydrogens is 307 g/mol. The molecule has 0 unspecified atom stereocenters. The van der Waals surface area contributed by atoms with Crippen molar-refractivity contribution >= 4 is 29.3 Å². The Bertz CT molecular complexity index is 659. The lowest BCUT2D eigenvalue weighted by atomic mass is 10.2. The van der Waals surface area contributed by atoms with Crippen LogP contribution in [0.2, 0.25) is 0 Å². The number of carbonyl (C=O) groups is 2. The normalized spacial score (nSPS) is 10.1. The molecule has 0 atom stereocenters. The van der Waals surface area contributed by atoms with Crippen molar-refractivity contribution in [2.45, 2.75) is 5.03 Å². The van der Waals surface area contributed by atoms with Crippen LogP contribution < -0.4 is 5.32 Å². The fraction of sp³-hybridized carbons (Fsp3) is 0.133. The van der Waals surface area contributed by atoms with Gasteiger partial charge in [-0.3, -0.25) is 9.59 Å². The summed E-state index contributed by atoms with van der Waals surface area (Å²) in [4.78, 5) is 27.1. The molecule has 7 heteroatoms. The van der Waals surface area contributed by atoms with Gasteiger partial charge in [0.2, 0.25) is 0 Å². The number of hydrogen-bond acceptors (Lipinski definition) is 5. The molecule has 0 aliphatic heterocycles. The van der Waals surface area contributed by atoms with Crippen molar-refractivity contribution in [2.75, 3.05) is 18.2 Å². The van der Waals surface area contributed by atoms with Gasteiger partial charge in [0.05, 0.1) is 23.5 Å². The van der Waals surface area contributed by atoms with E-state index in [2.05, 4.69) is 15.0 Å². The average Bonchev–Trinajstić information content (AvgIpc) is 2.55. The zero-order chi connectivity index (χ0) is 15.9. The number of thioether (sulfide) groups is 1. The van der Waals surface area contributed by atoms with E-state index in [4.69, 9.17) is 0 Å². The van der Waals surface area contributed by atoms with Crippen LogP contribution in [-0.4, -0.2) is 29.7 Å². The monoisotopic (exact) mass is 320 g/mol. The molecule has 0 aliphatic carbocycles. The zero-order valence-electron chi connectivity index (χ0n) is 11.7. The lowest BCUT2D eigenvalue weighted by Crippen LogP contribution is -2.12. The molecule has 0 saturated carbocycles. The summed E-state index contributed by atoms with van der Waals surface area (Å²) in [7, 11) is 1.32. The Balaban J connectivity index is 1.96. The van der Waals surface area contributed by atoms with E-state index < -0.39 is 0 Å². The van der Waals surface area contributed by atoms with E-state index >= 15 is 0 Å². The number of nitrogens with zero attached hydrogens (tertiary/aromatic N) is 1. The van der Waals surface area contributed by atoms with Crippen molar-refractivity contribution in [2.24, 2.45) is 0 Å². The van der Waals surface area contributed by atoms with Crippen LogP contribution in [0.5, 0.6) is 0 Å². The molecule has 0 bridgehead atoms. The lowest BCUT2D eigenvalue weighted by molar-refractivity contribution is -0.137. The summed E-state index contributed by atoms with van der Waals surface area (Å²) < 4.78 is 17.3. The third-order valence-corrected chi connectivity index (χ3v) is 3.58. The Morgan fingerprint density at radius 1 is 1.23 bits per heavy atom. The first-order chi connectivity index (χ1) is 10.6. The van der Waals surface area contributed by atoms with Crippen molar-refractivity contribution in [1.82, 2.24) is 4.98 Å². The number of halogens is 1. The number of benzene rings is 1. The molecule has 5 nitrogen and oxygen atoms in total. The summed E-state index contributed by atoms with van der Waals surface area (Å²) in [5, 5.41) is 3.25. The Labute approximate surface area is 130 Å². The minimum atomic E-state index is -0.369. The number of aromatic nitrogens is 1. The van der Waals surface area contributed by atoms with Gasteiger partial charge in [-0.25, -0.2) is 9.37 Å². The van der Waals surface area contributed by atoms with Crippen LogP contribution in [0.3, 0.4) is 0 Å². The highest BCUT2D eigenvalue weighted by Gasteiger charge is 2.08. The highest BCUT2D eigenvalue weighted by atomic mass is 32.2. The second-order valence-electron chi connectivity index (χ2n) is 4.21. The fourth-order valence-corrected chi connectivity index (χ4v) is 2.20. The summed E-state index contributed by atoms with van der Waals surface area (Å²) in [5.41, 5.74) is 0.863. The largest absolute Gasteiger partial charge is 0.468 e. The van der Waals surface area contributed by atoms with Gasteiger partial charge in [-0.2, -0.15) is 0 Å². The molecule has 1 heterocycles. The van der Waals surface area contributed by atoms with Crippen LogP contribution in [0.15, 0.2) is 47.6 Å². The van der Waals surface area contributed by atoms with Crippen LogP contribution in [0.1, 0.15) is 10.4 Å². The number of amides is 1. The Morgan fingerprint density at radius 2 is 1.95 bits per heavy atom. The smallest absolute Gasteiger partial charge is 0.316 e. The molecule has 1 aromatic heterocycles. The summed E-state index contributed by atoms with van der Waals surface area (Å²) in [5.74, 6) is -0.898. The molecule has 2 rings (SSSR count). The van der Waals surface area contributed by atoms with Gasteiger partial charge in [-0.05, 0) is 36.4 Å². The van der Waals surface area contributed by atoms with Crippen molar-refractivity contribution < 1.29 is 18.7 Å². The van der Waals surface area contributed by atoms with Gasteiger partial charge in [0, 0.05) is 11.9 Å². The number of nitrogens with one attached hydrogen (secondary N) is 1. The maximum absolute atomic E-state index is 12.8. The molecule has 0 fully saturated rings. The quantitative estimate of drug-likeness (QED) is 0.678. The standard InChI is InChI=1S/C15H13FN2O3S/c1-21-14(19)9-22-13-7-2-10(8-17-13)15(20)18-12-5-3-11(16)4-6-12/h2-8H,9H2,1H3,(H,18,20). The molecule has 0 saturated heterocycles. The van der Waals surface area contributed by atoms with Crippen molar-refractivity contribution in [3.05, 3.63) is 54.0 Å². The van der Waals surface area contributed by atoms with Crippen LogP contribution in [0.4, 0.5) is 10.1 Å². The number of rotatable bonds is 5. The molecule has 114 valence electrons. The predicted molar refractivity (Wildman–Crippen MR) is 81.3 cm³/mol. The summed E-state index contributed by atoms with van der Waals surface area (Å²) in [6, 6.07) is 8.72. The third-order valence-electron chi connectivity index (χ3n) is 2.67. The van der Waals surface area contributed by atoms with Crippen molar-refractivity contribution in [1.29, 1.82) is 0 Å². The summed E-state index contributed by atoms with van der Waals surface area (Å²) >= 11 is 1.22. The molecular formula is C15H13FN2O3S. The number of anilines is 1. The van der Waals surface area contributed by atoms with Crippen molar-refractivity contribution in [3.63, 3.8) is 0 Å². The highest BCUT2D eigenvalue weighted by molar-refractivity contribution is 7.99. The molecule has 0 aliphatic rings. The number of ether oxygens (including phenoxy) is 1. The minimum absolute atomic E-state index is 0.157. The highest BCUT2D eigenvalue weighted by Crippen LogP contribution is 2.16. The van der Waals surface area contributed by atoms with Gasteiger partial charge in [0.1, 0.15) is 5.82 Å². The van der Waals surface area contributed by atoms with E-state index in [-0.39, 0.29) is 23.4 Å². The van der Waals surface area contributed by atoms with Crippen molar-refractivity contribution in [3.8, 4) is 0 Å².